The number of nitrogens with one attached hydrogen (secondary N) is 1. The molecule has 2 aliphatic rings. The minimum Gasteiger partial charge on any atom is -0.478 e. The number of hydrogen-bond acceptors (Lipinski definition) is 8. The number of aryl methyl sites for hydroxylation is 2. The highest BCUT2D eigenvalue weighted by atomic mass is 19.1. The number of aromatic nitrogens is 2. The van der Waals surface area contributed by atoms with Gasteiger partial charge in [-0.3, -0.25) is 24.4 Å². The fraction of sp³-hybridized carbons (Fsp3) is 0.508. The molecular formula is C65H87F2N7O5. The third kappa shape index (κ3) is 19.7. The maximum atomic E-state index is 14.0. The van der Waals surface area contributed by atoms with Gasteiger partial charge in [0.2, 0.25) is 0 Å². The normalized spacial score (nSPS) is 14.5. The molecule has 3 aromatic carbocycles. The fourth-order valence-corrected chi connectivity index (χ4v) is 10.3. The van der Waals surface area contributed by atoms with Gasteiger partial charge in [0, 0.05) is 81.4 Å². The van der Waals surface area contributed by atoms with Gasteiger partial charge in [-0.05, 0) is 160 Å². The number of likely N-dealkylation sites (tertiary alicyclic amines) is 2. The summed E-state index contributed by atoms with van der Waals surface area (Å²) in [6.07, 6.45) is 18.6. The van der Waals surface area contributed by atoms with Gasteiger partial charge in [0.1, 0.15) is 23.0 Å². The Balaban J connectivity index is 0.000000262. The Morgan fingerprint density at radius 3 is 1.35 bits per heavy atom. The zero-order valence-corrected chi connectivity index (χ0v) is 47.9. The van der Waals surface area contributed by atoms with Crippen molar-refractivity contribution in [3.8, 4) is 0 Å². The first-order valence-electron chi connectivity index (χ1n) is 29.2. The van der Waals surface area contributed by atoms with Gasteiger partial charge in [0.15, 0.2) is 0 Å². The van der Waals surface area contributed by atoms with E-state index in [0.717, 1.165) is 120 Å². The van der Waals surface area contributed by atoms with Crippen molar-refractivity contribution in [2.45, 2.75) is 163 Å². The molecule has 2 aromatic heterocycles. The Hall–Kier alpha value is -6.38. The fourth-order valence-electron chi connectivity index (χ4n) is 10.3. The predicted octanol–water partition coefficient (Wildman–Crippen LogP) is 12.8. The van der Waals surface area contributed by atoms with E-state index in [1.54, 1.807) is 24.3 Å². The Labute approximate surface area is 469 Å². The van der Waals surface area contributed by atoms with Crippen LogP contribution in [0.2, 0.25) is 0 Å². The van der Waals surface area contributed by atoms with Crippen LogP contribution >= 0.6 is 0 Å². The van der Waals surface area contributed by atoms with E-state index in [-0.39, 0.29) is 41.6 Å². The molecule has 4 heterocycles. The molecule has 5 aromatic rings. The van der Waals surface area contributed by atoms with Gasteiger partial charge >= 0.3 is 5.97 Å². The first kappa shape index (κ1) is 61.8. The van der Waals surface area contributed by atoms with Crippen molar-refractivity contribution in [2.75, 3.05) is 39.3 Å². The molecule has 12 nitrogen and oxygen atoms in total. The van der Waals surface area contributed by atoms with Crippen LogP contribution in [0.15, 0.2) is 103 Å². The zero-order valence-electron chi connectivity index (χ0n) is 47.9. The van der Waals surface area contributed by atoms with Crippen LogP contribution in [-0.2, 0) is 32.5 Å². The van der Waals surface area contributed by atoms with Crippen molar-refractivity contribution >= 4 is 23.7 Å². The number of carbonyl (C=O) groups excluding carboxylic acids is 3. The summed E-state index contributed by atoms with van der Waals surface area (Å²) in [7, 11) is 0. The summed E-state index contributed by atoms with van der Waals surface area (Å²) in [4.78, 5) is 69.5. The minimum atomic E-state index is -0.943. The van der Waals surface area contributed by atoms with E-state index in [1.165, 1.54) is 49.4 Å². The lowest BCUT2D eigenvalue weighted by Crippen LogP contribution is -2.47. The Bertz CT molecular complexity index is 2630. The molecule has 0 atom stereocenters. The molecule has 7 rings (SSSR count). The third-order valence-electron chi connectivity index (χ3n) is 15.4. The van der Waals surface area contributed by atoms with Crippen molar-refractivity contribution in [3.63, 3.8) is 0 Å². The van der Waals surface area contributed by atoms with Crippen molar-refractivity contribution < 1.29 is 33.1 Å². The number of carboxylic acids is 1. The van der Waals surface area contributed by atoms with Crippen LogP contribution in [0.4, 0.5) is 8.78 Å². The van der Waals surface area contributed by atoms with E-state index in [1.807, 2.05) is 70.7 Å². The van der Waals surface area contributed by atoms with Gasteiger partial charge in [0.05, 0.1) is 5.56 Å². The van der Waals surface area contributed by atoms with Crippen LogP contribution in [-0.4, -0.2) is 110 Å². The molecule has 0 spiro atoms. The second kappa shape index (κ2) is 32.0. The Kier molecular flexibility index (Phi) is 25.1. The van der Waals surface area contributed by atoms with Crippen LogP contribution in [0.5, 0.6) is 0 Å². The molecule has 2 aliphatic heterocycles. The Morgan fingerprint density at radius 2 is 0.987 bits per heavy atom. The van der Waals surface area contributed by atoms with Crippen molar-refractivity contribution in [1.82, 2.24) is 34.9 Å². The lowest BCUT2D eigenvalue weighted by molar-refractivity contribution is 0.0534. The second-order valence-electron chi connectivity index (χ2n) is 22.5. The number of rotatable bonds is 26. The standard InChI is InChI=1S/C36H46F2N4O2.C29H41N3O3/c1-4-5-6-8-27-13-16-34(39-23-27)36(44)42(30-18-21-41(22-19-30)20-17-26(2)3)25-28-11-14-29(15-12-28)35(43)40-24-31-32(37)9-7-10-33(31)38;1-4-5-6-7-23-10-13-27(30-20-23)28(33)32(21-24-8-11-25(12-9-24)29(34)35)26-15-18-31(19-16-26)17-14-22(2)3/h7,9-16,23,26,30H,4-6,8,17-22,24-25H2,1-3H3,(H,40,43);8-13,20,22,26H,4-7,14-19,21H2,1-3H3,(H,34,35). The lowest BCUT2D eigenvalue weighted by Gasteiger charge is -2.38. The molecule has 0 aliphatic carbocycles. The molecule has 14 heteroatoms. The molecule has 0 saturated carbocycles. The maximum absolute atomic E-state index is 14.0. The second-order valence-corrected chi connectivity index (χ2v) is 22.5. The van der Waals surface area contributed by atoms with Crippen molar-refractivity contribution in [3.05, 3.63) is 165 Å². The van der Waals surface area contributed by atoms with Crippen LogP contribution in [0.3, 0.4) is 0 Å². The van der Waals surface area contributed by atoms with E-state index >= 15 is 0 Å². The summed E-state index contributed by atoms with van der Waals surface area (Å²) in [5.74, 6) is -1.55. The first-order chi connectivity index (χ1) is 38.1. The topological polar surface area (TPSA) is 139 Å². The first-order valence-corrected chi connectivity index (χ1v) is 29.2. The largest absolute Gasteiger partial charge is 0.478 e. The summed E-state index contributed by atoms with van der Waals surface area (Å²) in [6, 6.07) is 25.5. The highest BCUT2D eigenvalue weighted by Gasteiger charge is 2.31. The molecule has 0 bridgehead atoms. The molecule has 0 unspecified atom stereocenters. The minimum absolute atomic E-state index is 0.0481. The van der Waals surface area contributed by atoms with Crippen LogP contribution in [0.1, 0.15) is 188 Å². The van der Waals surface area contributed by atoms with E-state index in [0.29, 0.717) is 41.9 Å². The number of amides is 3. The summed E-state index contributed by atoms with van der Waals surface area (Å²) < 4.78 is 27.9. The SMILES string of the molecule is CCCCCc1ccc(C(=O)N(Cc2ccc(C(=O)NCc3c(F)cccc3F)cc2)C2CCN(CCC(C)C)CC2)nc1.CCCCCc1ccc(C(=O)N(Cc2ccc(C(=O)O)cc2)C2CCN(CCC(C)C)CC2)nc1. The summed E-state index contributed by atoms with van der Waals surface area (Å²) in [6.45, 7) is 20.0. The van der Waals surface area contributed by atoms with Crippen LogP contribution in [0.25, 0.3) is 0 Å². The highest BCUT2D eigenvalue weighted by molar-refractivity contribution is 5.95. The molecule has 426 valence electrons. The molecular weight excluding hydrogens is 997 g/mol. The molecule has 2 saturated heterocycles. The molecule has 79 heavy (non-hydrogen) atoms. The highest BCUT2D eigenvalue weighted by Crippen LogP contribution is 2.25. The molecule has 2 N–H and O–H groups in total. The van der Waals surface area contributed by atoms with Crippen molar-refractivity contribution in [2.24, 2.45) is 11.8 Å². The summed E-state index contributed by atoms with van der Waals surface area (Å²) >= 11 is 0. The number of benzene rings is 3. The van der Waals surface area contributed by atoms with Gasteiger partial charge < -0.3 is 30.0 Å². The number of hydrogen-bond donors (Lipinski definition) is 2. The number of carboxylic acid groups (broad SMARTS) is 1. The number of halogens is 2. The average molecular weight is 1080 g/mol. The van der Waals surface area contributed by atoms with Crippen LogP contribution in [0, 0.1) is 23.5 Å². The summed E-state index contributed by atoms with van der Waals surface area (Å²) in [5.41, 5.74) is 5.53. The number of piperidine rings is 2. The monoisotopic (exact) mass is 1080 g/mol. The number of unbranched alkanes of at least 4 members (excludes halogenated alkanes) is 4. The van der Waals surface area contributed by atoms with Crippen molar-refractivity contribution in [1.29, 1.82) is 0 Å². The van der Waals surface area contributed by atoms with Gasteiger partial charge in [-0.1, -0.05) is 110 Å². The van der Waals surface area contributed by atoms with Gasteiger partial charge in [-0.2, -0.15) is 0 Å². The smallest absolute Gasteiger partial charge is 0.335 e. The molecule has 0 radical (unpaired) electrons. The van der Waals surface area contributed by atoms with E-state index in [2.05, 4.69) is 66.6 Å². The van der Waals surface area contributed by atoms with E-state index in [4.69, 9.17) is 0 Å². The van der Waals surface area contributed by atoms with Crippen LogP contribution < -0.4 is 5.32 Å². The maximum Gasteiger partial charge on any atom is 0.335 e. The average Bonchev–Trinajstić information content (AvgIpc) is 3.46. The number of carbonyl (C=O) groups is 4. The van der Waals surface area contributed by atoms with E-state index in [9.17, 15) is 33.1 Å². The number of nitrogens with zero attached hydrogens (tertiary/aromatic N) is 6. The quantitative estimate of drug-likeness (QED) is 0.0518. The zero-order chi connectivity index (χ0) is 56.7. The van der Waals surface area contributed by atoms with E-state index < -0.39 is 23.5 Å². The van der Waals surface area contributed by atoms with Gasteiger partial charge in [0.25, 0.3) is 17.7 Å². The lowest BCUT2D eigenvalue weighted by atomic mass is 10.00. The van der Waals surface area contributed by atoms with Gasteiger partial charge in [-0.25, -0.2) is 13.6 Å². The third-order valence-corrected chi connectivity index (χ3v) is 15.4. The Morgan fingerprint density at radius 1 is 0.582 bits per heavy atom. The molecule has 2 fully saturated rings. The molecule has 3 amide bonds. The van der Waals surface area contributed by atoms with Gasteiger partial charge in [-0.15, -0.1) is 0 Å². The number of pyridine rings is 2. The predicted molar refractivity (Wildman–Crippen MR) is 310 cm³/mol. The summed E-state index contributed by atoms with van der Waals surface area (Å²) in [5, 5.41) is 11.8. The number of aromatic carboxylic acids is 1.